The van der Waals surface area contributed by atoms with Gasteiger partial charge < -0.3 is 15.8 Å². The molecule has 5 nitrogen and oxygen atoms in total. The van der Waals surface area contributed by atoms with E-state index in [2.05, 4.69) is 27.3 Å². The van der Waals surface area contributed by atoms with Gasteiger partial charge in [-0.1, -0.05) is 15.9 Å². The Balaban J connectivity index is 2.42. The molecular formula is C11H12BrN3O2. The van der Waals surface area contributed by atoms with E-state index in [-0.39, 0.29) is 6.61 Å². The molecule has 1 amide bonds. The lowest BCUT2D eigenvalue weighted by molar-refractivity contribution is -0.122. The highest BCUT2D eigenvalue weighted by Gasteiger charge is 2.01. The molecule has 1 aromatic carbocycles. The van der Waals surface area contributed by atoms with Gasteiger partial charge in [0.2, 0.25) is 5.91 Å². The van der Waals surface area contributed by atoms with E-state index in [0.29, 0.717) is 18.7 Å². The van der Waals surface area contributed by atoms with Crippen molar-refractivity contribution in [1.82, 2.24) is 0 Å². The Hall–Kier alpha value is -1.58. The number of primary amides is 1. The Morgan fingerprint density at radius 1 is 1.59 bits per heavy atom. The highest BCUT2D eigenvalue weighted by molar-refractivity contribution is 9.10. The number of ether oxygens (including phenoxy) is 1. The zero-order valence-electron chi connectivity index (χ0n) is 9.07. The second-order valence-electron chi connectivity index (χ2n) is 3.25. The first kappa shape index (κ1) is 13.5. The van der Waals surface area contributed by atoms with Gasteiger partial charge in [-0.25, -0.2) is 0 Å². The molecule has 0 saturated carbocycles. The van der Waals surface area contributed by atoms with Gasteiger partial charge in [-0.3, -0.25) is 4.79 Å². The molecule has 90 valence electrons. The topological polar surface area (TPSA) is 88.1 Å². The third kappa shape index (κ3) is 4.85. The first-order valence-corrected chi connectivity index (χ1v) is 5.72. The van der Waals surface area contributed by atoms with Gasteiger partial charge in [0.15, 0.2) is 0 Å². The predicted molar refractivity (Wildman–Crippen MR) is 67.4 cm³/mol. The molecule has 0 spiro atoms. The molecule has 0 aliphatic rings. The fourth-order valence-electron chi connectivity index (χ4n) is 1.19. The van der Waals surface area contributed by atoms with E-state index in [1.165, 1.54) is 0 Å². The molecule has 0 aliphatic carbocycles. The van der Waals surface area contributed by atoms with E-state index in [1.54, 1.807) is 12.1 Å². The number of nitrogens with zero attached hydrogens (tertiary/aromatic N) is 1. The number of rotatable bonds is 6. The smallest absolute Gasteiger partial charge is 0.243 e. The number of hydrogen-bond donors (Lipinski definition) is 2. The number of nitrogens with two attached hydrogens (primary N) is 1. The lowest BCUT2D eigenvalue weighted by Gasteiger charge is -2.08. The van der Waals surface area contributed by atoms with Crippen molar-refractivity contribution in [2.45, 2.75) is 0 Å². The lowest BCUT2D eigenvalue weighted by atomic mass is 10.2. The Bertz CT molecular complexity index is 443. The Morgan fingerprint density at radius 3 is 3.00 bits per heavy atom. The molecule has 6 heteroatoms. The number of anilines is 1. The molecule has 1 rings (SSSR count). The second-order valence-corrected chi connectivity index (χ2v) is 4.16. The molecule has 0 saturated heterocycles. The molecule has 0 heterocycles. The summed E-state index contributed by atoms with van der Waals surface area (Å²) in [4.78, 5) is 10.4. The van der Waals surface area contributed by atoms with Gasteiger partial charge in [-0.15, -0.1) is 0 Å². The minimum atomic E-state index is -0.494. The Morgan fingerprint density at radius 2 is 2.35 bits per heavy atom. The zero-order valence-corrected chi connectivity index (χ0v) is 10.7. The van der Waals surface area contributed by atoms with Crippen molar-refractivity contribution in [1.29, 1.82) is 5.26 Å². The molecular weight excluding hydrogens is 286 g/mol. The molecule has 1 aromatic rings. The minimum absolute atomic E-state index is 0.0902. The highest BCUT2D eigenvalue weighted by Crippen LogP contribution is 2.19. The number of halogens is 1. The zero-order chi connectivity index (χ0) is 12.7. The number of hydrogen-bond acceptors (Lipinski definition) is 4. The van der Waals surface area contributed by atoms with Crippen LogP contribution in [0.25, 0.3) is 0 Å². The fraction of sp³-hybridized carbons (Fsp3) is 0.273. The molecule has 0 unspecified atom stereocenters. The second kappa shape index (κ2) is 6.89. The summed E-state index contributed by atoms with van der Waals surface area (Å²) in [5.74, 6) is -0.494. The third-order valence-corrected chi connectivity index (χ3v) is 2.40. The third-order valence-electron chi connectivity index (χ3n) is 1.91. The summed E-state index contributed by atoms with van der Waals surface area (Å²) in [6, 6.07) is 7.46. The number of carbonyl (C=O) groups is 1. The molecule has 0 aromatic heterocycles. The van der Waals surface area contributed by atoms with Crippen LogP contribution < -0.4 is 11.1 Å². The molecule has 3 N–H and O–H groups in total. The summed E-state index contributed by atoms with van der Waals surface area (Å²) in [6.45, 7) is 0.764. The SMILES string of the molecule is N#Cc1cc(Br)ccc1NCCOCC(N)=O. The number of benzene rings is 1. The van der Waals surface area contributed by atoms with Gasteiger partial charge >= 0.3 is 0 Å². The number of nitrogens with one attached hydrogen (secondary N) is 1. The summed E-state index contributed by atoms with van der Waals surface area (Å²) < 4.78 is 5.84. The molecule has 0 atom stereocenters. The Labute approximate surface area is 108 Å². The van der Waals surface area contributed by atoms with Crippen LogP contribution in [0.3, 0.4) is 0 Å². The van der Waals surface area contributed by atoms with Gasteiger partial charge in [0.05, 0.1) is 17.9 Å². The largest absolute Gasteiger partial charge is 0.382 e. The normalized spacial score (nSPS) is 9.65. The number of carbonyl (C=O) groups excluding carboxylic acids is 1. The number of nitriles is 1. The summed E-state index contributed by atoms with van der Waals surface area (Å²) in [5, 5.41) is 12.0. The molecule has 0 fully saturated rings. The van der Waals surface area contributed by atoms with Crippen LogP contribution in [0.2, 0.25) is 0 Å². The van der Waals surface area contributed by atoms with Crippen molar-refractivity contribution in [2.75, 3.05) is 25.1 Å². The summed E-state index contributed by atoms with van der Waals surface area (Å²) >= 11 is 3.29. The predicted octanol–water partition coefficient (Wildman–Crippen LogP) is 1.23. The van der Waals surface area contributed by atoms with Crippen molar-refractivity contribution >= 4 is 27.5 Å². The lowest BCUT2D eigenvalue weighted by Crippen LogP contribution is -2.20. The van der Waals surface area contributed by atoms with Crippen molar-refractivity contribution < 1.29 is 9.53 Å². The maximum absolute atomic E-state index is 10.4. The quantitative estimate of drug-likeness (QED) is 0.773. The average molecular weight is 298 g/mol. The fourth-order valence-corrected chi connectivity index (χ4v) is 1.55. The molecule has 0 bridgehead atoms. The van der Waals surface area contributed by atoms with Gasteiger partial charge in [-0.2, -0.15) is 5.26 Å². The summed E-state index contributed by atoms with van der Waals surface area (Å²) in [6.07, 6.45) is 0. The van der Waals surface area contributed by atoms with E-state index in [1.807, 2.05) is 6.07 Å². The van der Waals surface area contributed by atoms with Crippen molar-refractivity contribution in [3.05, 3.63) is 28.2 Å². The van der Waals surface area contributed by atoms with E-state index in [9.17, 15) is 4.79 Å². The van der Waals surface area contributed by atoms with Gasteiger partial charge in [0, 0.05) is 11.0 Å². The van der Waals surface area contributed by atoms with E-state index in [4.69, 9.17) is 15.7 Å². The number of amides is 1. The molecule has 0 radical (unpaired) electrons. The minimum Gasteiger partial charge on any atom is -0.382 e. The van der Waals surface area contributed by atoms with Crippen molar-refractivity contribution in [3.63, 3.8) is 0 Å². The van der Waals surface area contributed by atoms with Crippen LogP contribution in [0.4, 0.5) is 5.69 Å². The van der Waals surface area contributed by atoms with Crippen molar-refractivity contribution in [2.24, 2.45) is 5.73 Å². The van der Waals surface area contributed by atoms with Crippen LogP contribution in [-0.4, -0.2) is 25.7 Å². The van der Waals surface area contributed by atoms with Gasteiger partial charge in [-0.05, 0) is 18.2 Å². The first-order chi connectivity index (χ1) is 8.13. The summed E-state index contributed by atoms with van der Waals surface area (Å²) in [5.41, 5.74) is 6.20. The van der Waals surface area contributed by atoms with Crippen LogP contribution in [-0.2, 0) is 9.53 Å². The molecule has 17 heavy (non-hydrogen) atoms. The van der Waals surface area contributed by atoms with E-state index in [0.717, 1.165) is 10.2 Å². The van der Waals surface area contributed by atoms with E-state index < -0.39 is 5.91 Å². The van der Waals surface area contributed by atoms with Crippen LogP contribution in [0.1, 0.15) is 5.56 Å². The maximum Gasteiger partial charge on any atom is 0.243 e. The molecule has 0 aliphatic heterocycles. The highest BCUT2D eigenvalue weighted by atomic mass is 79.9. The van der Waals surface area contributed by atoms with Gasteiger partial charge in [0.1, 0.15) is 12.7 Å². The standard InChI is InChI=1S/C11H12BrN3O2/c12-9-1-2-10(8(5-9)6-13)15-3-4-17-7-11(14)16/h1-2,5,15H,3-4,7H2,(H2,14,16). The van der Waals surface area contributed by atoms with Crippen LogP contribution in [0.5, 0.6) is 0 Å². The van der Waals surface area contributed by atoms with Crippen molar-refractivity contribution in [3.8, 4) is 6.07 Å². The van der Waals surface area contributed by atoms with E-state index >= 15 is 0 Å². The van der Waals surface area contributed by atoms with Crippen LogP contribution in [0, 0.1) is 11.3 Å². The van der Waals surface area contributed by atoms with Gasteiger partial charge in [0.25, 0.3) is 0 Å². The monoisotopic (exact) mass is 297 g/mol. The maximum atomic E-state index is 10.4. The van der Waals surface area contributed by atoms with Crippen LogP contribution in [0.15, 0.2) is 22.7 Å². The summed E-state index contributed by atoms with van der Waals surface area (Å²) in [7, 11) is 0. The Kier molecular flexibility index (Phi) is 5.46. The first-order valence-electron chi connectivity index (χ1n) is 4.93. The average Bonchev–Trinajstić information content (AvgIpc) is 2.29. The van der Waals surface area contributed by atoms with Crippen LogP contribution >= 0.6 is 15.9 Å².